The van der Waals surface area contributed by atoms with E-state index in [1.165, 1.54) is 0 Å². The Hall–Kier alpha value is -0.0900. The molecule has 4 heteroatoms. The molecule has 0 aliphatic rings. The zero-order valence-electron chi connectivity index (χ0n) is 9.97. The highest BCUT2D eigenvalue weighted by atomic mass is 79.9. The van der Waals surface area contributed by atoms with Gasteiger partial charge in [0, 0.05) is 9.50 Å². The molecular formula is C12H17BrClNO. The Bertz CT molecular complexity index is 363. The number of nitrogens with one attached hydrogen (secondary N) is 1. The molecule has 0 aromatic heterocycles. The fraction of sp³-hybridized carbons (Fsp3) is 0.500. The monoisotopic (exact) mass is 305 g/mol. The quantitative estimate of drug-likeness (QED) is 0.831. The molecule has 1 aromatic rings. The van der Waals surface area contributed by atoms with Crippen LogP contribution in [0.4, 0.5) is 0 Å². The zero-order valence-corrected chi connectivity index (χ0v) is 12.3. The van der Waals surface area contributed by atoms with E-state index in [0.29, 0.717) is 0 Å². The minimum atomic E-state index is -0.212. The van der Waals surface area contributed by atoms with Crippen molar-refractivity contribution < 1.29 is 4.84 Å². The van der Waals surface area contributed by atoms with Crippen molar-refractivity contribution in [1.82, 2.24) is 5.48 Å². The average Bonchev–Trinajstić information content (AvgIpc) is 2.13. The molecule has 1 unspecified atom stereocenters. The van der Waals surface area contributed by atoms with Crippen molar-refractivity contribution in [2.24, 2.45) is 0 Å². The lowest BCUT2D eigenvalue weighted by molar-refractivity contribution is -0.0866. The molecule has 1 aromatic carbocycles. The first kappa shape index (κ1) is 14.0. The summed E-state index contributed by atoms with van der Waals surface area (Å²) in [6, 6.07) is 5.89. The number of hydroxylamine groups is 1. The zero-order chi connectivity index (χ0) is 12.3. The topological polar surface area (TPSA) is 21.3 Å². The minimum Gasteiger partial charge on any atom is -0.296 e. The van der Waals surface area contributed by atoms with Crippen LogP contribution in [-0.4, -0.2) is 5.60 Å². The van der Waals surface area contributed by atoms with Gasteiger partial charge in [-0.05, 0) is 45.4 Å². The molecule has 2 nitrogen and oxygen atoms in total. The summed E-state index contributed by atoms with van der Waals surface area (Å²) in [5.74, 6) is 0. The Balaban J connectivity index is 2.70. The number of rotatable bonds is 3. The van der Waals surface area contributed by atoms with Crippen LogP contribution in [0.25, 0.3) is 0 Å². The van der Waals surface area contributed by atoms with Crippen molar-refractivity contribution >= 4 is 27.5 Å². The maximum atomic E-state index is 6.15. The van der Waals surface area contributed by atoms with Gasteiger partial charge >= 0.3 is 0 Å². The van der Waals surface area contributed by atoms with Crippen molar-refractivity contribution in [3.8, 4) is 0 Å². The molecule has 0 fully saturated rings. The van der Waals surface area contributed by atoms with Gasteiger partial charge in [0.25, 0.3) is 0 Å². The van der Waals surface area contributed by atoms with Gasteiger partial charge < -0.3 is 0 Å². The summed E-state index contributed by atoms with van der Waals surface area (Å²) in [4.78, 5) is 5.51. The van der Waals surface area contributed by atoms with Crippen LogP contribution in [0.5, 0.6) is 0 Å². The Morgan fingerprint density at radius 2 is 2.00 bits per heavy atom. The van der Waals surface area contributed by atoms with Gasteiger partial charge in [0.2, 0.25) is 0 Å². The Kier molecular flexibility index (Phi) is 4.80. The highest BCUT2D eigenvalue weighted by molar-refractivity contribution is 9.10. The molecule has 0 aliphatic carbocycles. The summed E-state index contributed by atoms with van der Waals surface area (Å²) in [6.07, 6.45) is 0. The predicted molar refractivity (Wildman–Crippen MR) is 71.5 cm³/mol. The Morgan fingerprint density at radius 3 is 2.50 bits per heavy atom. The maximum absolute atomic E-state index is 6.15. The molecule has 0 aliphatic heterocycles. The normalized spacial score (nSPS) is 13.9. The molecule has 1 rings (SSSR count). The molecule has 0 heterocycles. The maximum Gasteiger partial charge on any atom is 0.0813 e. The summed E-state index contributed by atoms with van der Waals surface area (Å²) in [5, 5.41) is 0.729. The Morgan fingerprint density at radius 1 is 1.38 bits per heavy atom. The minimum absolute atomic E-state index is 0.0554. The van der Waals surface area contributed by atoms with Crippen LogP contribution < -0.4 is 5.48 Å². The molecule has 1 N–H and O–H groups in total. The van der Waals surface area contributed by atoms with E-state index in [2.05, 4.69) is 21.4 Å². The average molecular weight is 307 g/mol. The molecule has 1 atom stereocenters. The lowest BCUT2D eigenvalue weighted by atomic mass is 10.1. The van der Waals surface area contributed by atoms with Crippen LogP contribution in [-0.2, 0) is 4.84 Å². The van der Waals surface area contributed by atoms with Crippen LogP contribution in [0.15, 0.2) is 22.7 Å². The van der Waals surface area contributed by atoms with E-state index in [1.54, 1.807) is 0 Å². The molecule has 0 saturated carbocycles. The first-order valence-electron chi connectivity index (χ1n) is 5.18. The van der Waals surface area contributed by atoms with E-state index >= 15 is 0 Å². The van der Waals surface area contributed by atoms with E-state index in [0.717, 1.165) is 15.1 Å². The predicted octanol–water partition coefficient (Wildman–Crippen LogP) is 4.48. The van der Waals surface area contributed by atoms with E-state index in [4.69, 9.17) is 16.4 Å². The van der Waals surface area contributed by atoms with E-state index in [1.807, 2.05) is 45.9 Å². The van der Waals surface area contributed by atoms with Gasteiger partial charge in [-0.2, -0.15) is 5.48 Å². The van der Waals surface area contributed by atoms with Crippen molar-refractivity contribution in [2.45, 2.75) is 39.3 Å². The van der Waals surface area contributed by atoms with E-state index in [9.17, 15) is 0 Å². The van der Waals surface area contributed by atoms with Gasteiger partial charge in [-0.3, -0.25) is 4.84 Å². The Labute approximate surface area is 110 Å². The van der Waals surface area contributed by atoms with E-state index in [-0.39, 0.29) is 11.6 Å². The number of hydrogen-bond acceptors (Lipinski definition) is 2. The van der Waals surface area contributed by atoms with Crippen LogP contribution >= 0.6 is 27.5 Å². The number of halogens is 2. The summed E-state index contributed by atoms with van der Waals surface area (Å²) in [7, 11) is 0. The lowest BCUT2D eigenvalue weighted by Crippen LogP contribution is -2.31. The first-order valence-corrected chi connectivity index (χ1v) is 6.35. The van der Waals surface area contributed by atoms with Gasteiger partial charge in [-0.1, -0.05) is 33.6 Å². The summed E-state index contributed by atoms with van der Waals surface area (Å²) >= 11 is 9.53. The largest absolute Gasteiger partial charge is 0.296 e. The van der Waals surface area contributed by atoms with Crippen molar-refractivity contribution in [3.05, 3.63) is 33.3 Å². The molecule has 0 amide bonds. The van der Waals surface area contributed by atoms with Crippen molar-refractivity contribution in [2.75, 3.05) is 0 Å². The first-order chi connectivity index (χ1) is 7.29. The molecule has 0 bridgehead atoms. The molecule has 0 saturated heterocycles. The second kappa shape index (κ2) is 5.50. The highest BCUT2D eigenvalue weighted by Gasteiger charge is 2.15. The standard InChI is InChI=1S/C12H17BrClNO/c1-8(15-16-12(2,3)4)10-6-5-9(13)7-11(10)14/h5-8,15H,1-4H3. The SMILES string of the molecule is CC(NOC(C)(C)C)c1ccc(Br)cc1Cl. The lowest BCUT2D eigenvalue weighted by Gasteiger charge is -2.23. The van der Waals surface area contributed by atoms with Gasteiger partial charge in [-0.15, -0.1) is 0 Å². The molecule has 90 valence electrons. The van der Waals surface area contributed by atoms with Crippen LogP contribution in [0, 0.1) is 0 Å². The molecule has 16 heavy (non-hydrogen) atoms. The number of hydrogen-bond donors (Lipinski definition) is 1. The second-order valence-corrected chi connectivity index (χ2v) is 6.04. The van der Waals surface area contributed by atoms with Gasteiger partial charge in [-0.25, -0.2) is 0 Å². The fourth-order valence-corrected chi connectivity index (χ4v) is 2.02. The third-order valence-electron chi connectivity index (χ3n) is 1.97. The van der Waals surface area contributed by atoms with Crippen molar-refractivity contribution in [3.63, 3.8) is 0 Å². The fourth-order valence-electron chi connectivity index (χ4n) is 1.18. The third-order valence-corrected chi connectivity index (χ3v) is 2.79. The molecular weight excluding hydrogens is 289 g/mol. The highest BCUT2D eigenvalue weighted by Crippen LogP contribution is 2.26. The van der Waals surface area contributed by atoms with Crippen LogP contribution in [0.3, 0.4) is 0 Å². The summed E-state index contributed by atoms with van der Waals surface area (Å²) < 4.78 is 0.977. The molecule has 0 radical (unpaired) electrons. The van der Waals surface area contributed by atoms with Crippen LogP contribution in [0.2, 0.25) is 5.02 Å². The summed E-state index contributed by atoms with van der Waals surface area (Å²) in [5.41, 5.74) is 3.81. The van der Waals surface area contributed by atoms with Gasteiger partial charge in [0.1, 0.15) is 0 Å². The second-order valence-electron chi connectivity index (χ2n) is 4.72. The smallest absolute Gasteiger partial charge is 0.0813 e. The molecule has 0 spiro atoms. The van der Waals surface area contributed by atoms with Gasteiger partial charge in [0.05, 0.1) is 11.6 Å². The van der Waals surface area contributed by atoms with E-state index < -0.39 is 0 Å². The van der Waals surface area contributed by atoms with Crippen LogP contribution in [0.1, 0.15) is 39.3 Å². The van der Waals surface area contributed by atoms with Gasteiger partial charge in [0.15, 0.2) is 0 Å². The number of benzene rings is 1. The van der Waals surface area contributed by atoms with Crippen molar-refractivity contribution in [1.29, 1.82) is 0 Å². The summed E-state index contributed by atoms with van der Waals surface area (Å²) in [6.45, 7) is 8.00. The third kappa shape index (κ3) is 4.42.